The Labute approximate surface area is 86.0 Å². The molecule has 0 radical (unpaired) electrons. The van der Waals surface area contributed by atoms with E-state index < -0.39 is 0 Å². The number of carbonyl (C=O) groups excluding carboxylic acids is 1. The maximum absolute atomic E-state index is 11.7. The molecule has 1 amide bonds. The predicted molar refractivity (Wildman–Crippen MR) is 56.9 cm³/mol. The zero-order valence-corrected chi connectivity index (χ0v) is 9.36. The molecule has 0 aromatic heterocycles. The summed E-state index contributed by atoms with van der Waals surface area (Å²) in [5.74, 6) is 0.167. The van der Waals surface area contributed by atoms with Crippen LogP contribution in [0.3, 0.4) is 0 Å². The predicted octanol–water partition coefficient (Wildman–Crippen LogP) is -0.114. The van der Waals surface area contributed by atoms with Crippen LogP contribution in [0.25, 0.3) is 0 Å². The van der Waals surface area contributed by atoms with Crippen molar-refractivity contribution in [2.45, 2.75) is 31.8 Å². The molecule has 0 spiro atoms. The van der Waals surface area contributed by atoms with E-state index in [1.807, 2.05) is 18.9 Å². The largest absolute Gasteiger partial charge is 0.341 e. The molecule has 4 nitrogen and oxygen atoms in total. The van der Waals surface area contributed by atoms with Crippen LogP contribution in [-0.2, 0) is 4.79 Å². The van der Waals surface area contributed by atoms with Crippen molar-refractivity contribution in [3.05, 3.63) is 0 Å². The lowest BCUT2D eigenvalue weighted by molar-refractivity contribution is -0.132. The van der Waals surface area contributed by atoms with Gasteiger partial charge in [0.25, 0.3) is 0 Å². The number of rotatable bonds is 3. The summed E-state index contributed by atoms with van der Waals surface area (Å²) in [5.41, 5.74) is 5.60. The third-order valence-corrected chi connectivity index (χ3v) is 2.80. The summed E-state index contributed by atoms with van der Waals surface area (Å²) in [4.78, 5) is 15.8. The Morgan fingerprint density at radius 2 is 2.36 bits per heavy atom. The summed E-state index contributed by atoms with van der Waals surface area (Å²) in [6.07, 6.45) is 1.54. The van der Waals surface area contributed by atoms with Gasteiger partial charge in [0, 0.05) is 32.1 Å². The van der Waals surface area contributed by atoms with E-state index in [1.165, 1.54) is 0 Å². The fourth-order valence-corrected chi connectivity index (χ4v) is 1.85. The molecule has 82 valence electrons. The van der Waals surface area contributed by atoms with E-state index in [1.54, 1.807) is 0 Å². The van der Waals surface area contributed by atoms with Crippen LogP contribution in [0, 0.1) is 0 Å². The molecule has 0 aliphatic carbocycles. The highest BCUT2D eigenvalue weighted by Crippen LogP contribution is 2.13. The van der Waals surface area contributed by atoms with Gasteiger partial charge in [-0.3, -0.25) is 4.79 Å². The first kappa shape index (κ1) is 11.5. The van der Waals surface area contributed by atoms with Crippen molar-refractivity contribution in [2.75, 3.05) is 27.2 Å². The molecule has 1 heterocycles. The first-order chi connectivity index (χ1) is 6.50. The molecule has 2 atom stereocenters. The molecular formula is C10H21N3O. The minimum atomic E-state index is -0.0379. The van der Waals surface area contributed by atoms with Crippen molar-refractivity contribution in [2.24, 2.45) is 5.73 Å². The van der Waals surface area contributed by atoms with Crippen LogP contribution < -0.4 is 5.73 Å². The number of amides is 1. The number of hydrogen-bond acceptors (Lipinski definition) is 3. The third kappa shape index (κ3) is 2.96. The Balaban J connectivity index is 2.40. The lowest BCUT2D eigenvalue weighted by Gasteiger charge is -2.25. The van der Waals surface area contributed by atoms with Crippen LogP contribution in [0.4, 0.5) is 0 Å². The SMILES string of the molecule is CC(N)CC(=O)N(C)C1CCN(C)C1. The number of nitrogens with zero attached hydrogens (tertiary/aromatic N) is 2. The van der Waals surface area contributed by atoms with Gasteiger partial charge in [-0.15, -0.1) is 0 Å². The van der Waals surface area contributed by atoms with Gasteiger partial charge in [-0.2, -0.15) is 0 Å². The van der Waals surface area contributed by atoms with Crippen molar-refractivity contribution < 1.29 is 4.79 Å². The zero-order valence-electron chi connectivity index (χ0n) is 9.36. The van der Waals surface area contributed by atoms with Crippen molar-refractivity contribution in [3.8, 4) is 0 Å². The Morgan fingerprint density at radius 3 is 2.79 bits per heavy atom. The number of likely N-dealkylation sites (tertiary alicyclic amines) is 1. The monoisotopic (exact) mass is 199 g/mol. The van der Waals surface area contributed by atoms with Crippen LogP contribution in [0.15, 0.2) is 0 Å². The first-order valence-electron chi connectivity index (χ1n) is 5.20. The van der Waals surface area contributed by atoms with Gasteiger partial charge in [0.2, 0.25) is 5.91 Å². The second-order valence-corrected chi connectivity index (χ2v) is 4.39. The Bertz CT molecular complexity index is 206. The molecule has 1 aliphatic rings. The smallest absolute Gasteiger partial charge is 0.224 e. The average molecular weight is 199 g/mol. The maximum atomic E-state index is 11.7. The summed E-state index contributed by atoms with van der Waals surface area (Å²) in [6, 6.07) is 0.343. The van der Waals surface area contributed by atoms with Crippen molar-refractivity contribution in [1.82, 2.24) is 9.80 Å². The Kier molecular flexibility index (Phi) is 3.89. The van der Waals surface area contributed by atoms with Crippen LogP contribution in [0.2, 0.25) is 0 Å². The molecule has 0 saturated carbocycles. The molecule has 1 aliphatic heterocycles. The van der Waals surface area contributed by atoms with E-state index in [4.69, 9.17) is 5.73 Å². The fourth-order valence-electron chi connectivity index (χ4n) is 1.85. The minimum Gasteiger partial charge on any atom is -0.341 e. The molecule has 4 heteroatoms. The number of likely N-dealkylation sites (N-methyl/N-ethyl adjacent to an activating group) is 2. The zero-order chi connectivity index (χ0) is 10.7. The van der Waals surface area contributed by atoms with Crippen molar-refractivity contribution in [1.29, 1.82) is 0 Å². The average Bonchev–Trinajstić information content (AvgIpc) is 2.49. The second-order valence-electron chi connectivity index (χ2n) is 4.39. The topological polar surface area (TPSA) is 49.6 Å². The molecule has 1 saturated heterocycles. The van der Waals surface area contributed by atoms with E-state index in [-0.39, 0.29) is 11.9 Å². The van der Waals surface area contributed by atoms with Gasteiger partial charge in [0.15, 0.2) is 0 Å². The normalized spacial score (nSPS) is 25.0. The van der Waals surface area contributed by atoms with E-state index in [2.05, 4.69) is 11.9 Å². The van der Waals surface area contributed by atoms with Gasteiger partial charge in [0.05, 0.1) is 0 Å². The van der Waals surface area contributed by atoms with E-state index in [0.29, 0.717) is 12.5 Å². The quantitative estimate of drug-likeness (QED) is 0.690. The molecule has 0 aromatic carbocycles. The molecule has 0 bridgehead atoms. The highest BCUT2D eigenvalue weighted by atomic mass is 16.2. The number of hydrogen-bond donors (Lipinski definition) is 1. The van der Waals surface area contributed by atoms with Crippen LogP contribution >= 0.6 is 0 Å². The number of carbonyl (C=O) groups is 1. The molecule has 1 fully saturated rings. The molecule has 14 heavy (non-hydrogen) atoms. The van der Waals surface area contributed by atoms with Gasteiger partial charge in [-0.05, 0) is 26.9 Å². The first-order valence-corrected chi connectivity index (χ1v) is 5.20. The van der Waals surface area contributed by atoms with Gasteiger partial charge in [-0.1, -0.05) is 0 Å². The second kappa shape index (κ2) is 4.75. The van der Waals surface area contributed by atoms with E-state index >= 15 is 0 Å². The summed E-state index contributed by atoms with van der Waals surface area (Å²) in [7, 11) is 3.97. The summed E-state index contributed by atoms with van der Waals surface area (Å²) >= 11 is 0. The lowest BCUT2D eigenvalue weighted by Crippen LogP contribution is -2.40. The van der Waals surface area contributed by atoms with Crippen LogP contribution in [0.1, 0.15) is 19.8 Å². The summed E-state index contributed by atoms with van der Waals surface area (Å²) in [6.45, 7) is 3.94. The maximum Gasteiger partial charge on any atom is 0.224 e. The Morgan fingerprint density at radius 1 is 1.71 bits per heavy atom. The van der Waals surface area contributed by atoms with Crippen molar-refractivity contribution >= 4 is 5.91 Å². The standard InChI is InChI=1S/C10H21N3O/c1-8(11)6-10(14)13(3)9-4-5-12(2)7-9/h8-9H,4-7,11H2,1-3H3. The van der Waals surface area contributed by atoms with Gasteiger partial charge < -0.3 is 15.5 Å². The third-order valence-electron chi connectivity index (χ3n) is 2.80. The molecule has 1 rings (SSSR count). The van der Waals surface area contributed by atoms with Crippen molar-refractivity contribution in [3.63, 3.8) is 0 Å². The van der Waals surface area contributed by atoms with Crippen LogP contribution in [0.5, 0.6) is 0 Å². The number of nitrogens with two attached hydrogens (primary N) is 1. The van der Waals surface area contributed by atoms with E-state index in [9.17, 15) is 4.79 Å². The van der Waals surface area contributed by atoms with Gasteiger partial charge >= 0.3 is 0 Å². The van der Waals surface area contributed by atoms with E-state index in [0.717, 1.165) is 19.5 Å². The highest BCUT2D eigenvalue weighted by molar-refractivity contribution is 5.76. The summed E-state index contributed by atoms with van der Waals surface area (Å²) in [5, 5.41) is 0. The van der Waals surface area contributed by atoms with Crippen LogP contribution in [-0.4, -0.2) is 55.0 Å². The molecule has 0 aromatic rings. The Hall–Kier alpha value is -0.610. The minimum absolute atomic E-state index is 0.0379. The van der Waals surface area contributed by atoms with Gasteiger partial charge in [-0.25, -0.2) is 0 Å². The molecule has 2 N–H and O–H groups in total. The van der Waals surface area contributed by atoms with Gasteiger partial charge in [0.1, 0.15) is 0 Å². The molecular weight excluding hydrogens is 178 g/mol. The lowest BCUT2D eigenvalue weighted by atomic mass is 10.2. The summed E-state index contributed by atoms with van der Waals surface area (Å²) < 4.78 is 0. The molecule has 2 unspecified atom stereocenters. The fraction of sp³-hybridized carbons (Fsp3) is 0.900. The highest BCUT2D eigenvalue weighted by Gasteiger charge is 2.26.